The predicted molar refractivity (Wildman–Crippen MR) is 101 cm³/mol. The first-order chi connectivity index (χ1) is 13.2. The first-order valence-electron chi connectivity index (χ1n) is 9.68. The number of ether oxygens (including phenoxy) is 1. The lowest BCUT2D eigenvalue weighted by Crippen LogP contribution is -2.38. The van der Waals surface area contributed by atoms with E-state index in [1.807, 2.05) is 4.90 Å². The Morgan fingerprint density at radius 3 is 2.41 bits per heavy atom. The smallest absolute Gasteiger partial charge is 0.226 e. The molecule has 3 heterocycles. The van der Waals surface area contributed by atoms with Crippen LogP contribution in [-0.4, -0.2) is 60.4 Å². The standard InChI is InChI=1S/C20H26N4O3/c1-15-21-22-20(27-15)17-6-8-24(9-7-17)19(25)14-16-2-4-18(5-3-16)23-10-12-26-13-11-23/h2-5,17H,6-14H2,1H3. The van der Waals surface area contributed by atoms with Crippen molar-refractivity contribution in [2.45, 2.75) is 32.1 Å². The maximum atomic E-state index is 12.6. The van der Waals surface area contributed by atoms with Crippen LogP contribution < -0.4 is 4.90 Å². The van der Waals surface area contributed by atoms with Gasteiger partial charge in [0.25, 0.3) is 0 Å². The summed E-state index contributed by atoms with van der Waals surface area (Å²) in [6, 6.07) is 8.35. The number of rotatable bonds is 4. The zero-order chi connectivity index (χ0) is 18.6. The number of likely N-dealkylation sites (tertiary alicyclic amines) is 1. The fourth-order valence-electron chi connectivity index (χ4n) is 3.79. The average Bonchev–Trinajstić information content (AvgIpc) is 3.16. The number of amides is 1. The van der Waals surface area contributed by atoms with Gasteiger partial charge in [-0.25, -0.2) is 0 Å². The van der Waals surface area contributed by atoms with Crippen molar-refractivity contribution in [1.29, 1.82) is 0 Å². The van der Waals surface area contributed by atoms with Crippen LogP contribution in [0.15, 0.2) is 28.7 Å². The van der Waals surface area contributed by atoms with E-state index in [0.717, 1.165) is 57.8 Å². The van der Waals surface area contributed by atoms with Gasteiger partial charge in [-0.2, -0.15) is 0 Å². The Balaban J connectivity index is 1.29. The summed E-state index contributed by atoms with van der Waals surface area (Å²) >= 11 is 0. The van der Waals surface area contributed by atoms with E-state index in [-0.39, 0.29) is 11.8 Å². The largest absolute Gasteiger partial charge is 0.425 e. The summed E-state index contributed by atoms with van der Waals surface area (Å²) in [5.74, 6) is 1.76. The number of anilines is 1. The van der Waals surface area contributed by atoms with Crippen LogP contribution in [0.1, 0.15) is 36.1 Å². The number of nitrogens with zero attached hydrogens (tertiary/aromatic N) is 4. The molecule has 0 radical (unpaired) electrons. The summed E-state index contributed by atoms with van der Waals surface area (Å²) < 4.78 is 10.9. The molecule has 2 saturated heterocycles. The minimum Gasteiger partial charge on any atom is -0.425 e. The van der Waals surface area contributed by atoms with Crippen molar-refractivity contribution in [2.75, 3.05) is 44.3 Å². The lowest BCUT2D eigenvalue weighted by atomic mass is 9.96. The zero-order valence-corrected chi connectivity index (χ0v) is 15.8. The average molecular weight is 370 g/mol. The molecule has 1 aromatic carbocycles. The highest BCUT2D eigenvalue weighted by Gasteiger charge is 2.27. The molecule has 1 amide bonds. The van der Waals surface area contributed by atoms with E-state index in [1.54, 1.807) is 6.92 Å². The molecule has 0 aliphatic carbocycles. The van der Waals surface area contributed by atoms with Gasteiger partial charge in [-0.15, -0.1) is 10.2 Å². The minimum atomic E-state index is 0.189. The van der Waals surface area contributed by atoms with E-state index < -0.39 is 0 Å². The molecule has 0 spiro atoms. The molecule has 2 aromatic rings. The fraction of sp³-hybridized carbons (Fsp3) is 0.550. The number of hydrogen-bond acceptors (Lipinski definition) is 6. The first-order valence-corrected chi connectivity index (χ1v) is 9.68. The summed E-state index contributed by atoms with van der Waals surface area (Å²) in [5.41, 5.74) is 2.26. The second-order valence-electron chi connectivity index (χ2n) is 7.26. The Morgan fingerprint density at radius 1 is 1.07 bits per heavy atom. The number of aryl methyl sites for hydroxylation is 1. The number of carbonyl (C=O) groups excluding carboxylic acids is 1. The highest BCUT2D eigenvalue weighted by molar-refractivity contribution is 5.79. The SMILES string of the molecule is Cc1nnc(C2CCN(C(=O)Cc3ccc(N4CCOCC4)cc3)CC2)o1. The Labute approximate surface area is 159 Å². The van der Waals surface area contributed by atoms with E-state index in [9.17, 15) is 4.79 Å². The minimum absolute atomic E-state index is 0.189. The third-order valence-corrected chi connectivity index (χ3v) is 5.41. The summed E-state index contributed by atoms with van der Waals surface area (Å²) in [5, 5.41) is 8.03. The second kappa shape index (κ2) is 8.08. The van der Waals surface area contributed by atoms with Crippen LogP contribution in [0.3, 0.4) is 0 Å². The molecule has 0 atom stereocenters. The number of benzene rings is 1. The van der Waals surface area contributed by atoms with Crippen molar-refractivity contribution in [3.05, 3.63) is 41.6 Å². The molecular formula is C20H26N4O3. The molecule has 4 rings (SSSR count). The van der Waals surface area contributed by atoms with Crippen molar-refractivity contribution in [1.82, 2.24) is 15.1 Å². The molecule has 7 nitrogen and oxygen atoms in total. The molecule has 7 heteroatoms. The van der Waals surface area contributed by atoms with Crippen LogP contribution in [0.25, 0.3) is 0 Å². The third-order valence-electron chi connectivity index (χ3n) is 5.41. The highest BCUT2D eigenvalue weighted by atomic mass is 16.5. The monoisotopic (exact) mass is 370 g/mol. The van der Waals surface area contributed by atoms with E-state index >= 15 is 0 Å². The molecular weight excluding hydrogens is 344 g/mol. The zero-order valence-electron chi connectivity index (χ0n) is 15.8. The van der Waals surface area contributed by atoms with Gasteiger partial charge in [-0.1, -0.05) is 12.1 Å². The molecule has 2 aliphatic rings. The molecule has 27 heavy (non-hydrogen) atoms. The van der Waals surface area contributed by atoms with Crippen LogP contribution in [0.5, 0.6) is 0 Å². The van der Waals surface area contributed by atoms with Crippen LogP contribution in [-0.2, 0) is 16.0 Å². The number of aromatic nitrogens is 2. The van der Waals surface area contributed by atoms with Crippen molar-refractivity contribution in [3.8, 4) is 0 Å². The molecule has 2 fully saturated rings. The predicted octanol–water partition coefficient (Wildman–Crippen LogP) is 2.16. The van der Waals surface area contributed by atoms with Crippen LogP contribution in [0.2, 0.25) is 0 Å². The Morgan fingerprint density at radius 2 is 1.78 bits per heavy atom. The molecule has 0 saturated carbocycles. The maximum absolute atomic E-state index is 12.6. The van der Waals surface area contributed by atoms with Crippen molar-refractivity contribution in [3.63, 3.8) is 0 Å². The van der Waals surface area contributed by atoms with Gasteiger partial charge in [0, 0.05) is 44.7 Å². The van der Waals surface area contributed by atoms with Gasteiger partial charge in [0.2, 0.25) is 17.7 Å². The van der Waals surface area contributed by atoms with Crippen LogP contribution >= 0.6 is 0 Å². The summed E-state index contributed by atoms with van der Waals surface area (Å²) in [7, 11) is 0. The Bertz CT molecular complexity index is 760. The van der Waals surface area contributed by atoms with E-state index in [2.05, 4.69) is 39.4 Å². The third kappa shape index (κ3) is 4.30. The van der Waals surface area contributed by atoms with Gasteiger partial charge in [-0.3, -0.25) is 4.79 Å². The molecule has 2 aliphatic heterocycles. The quantitative estimate of drug-likeness (QED) is 0.821. The van der Waals surface area contributed by atoms with E-state index in [0.29, 0.717) is 18.2 Å². The van der Waals surface area contributed by atoms with Gasteiger partial charge in [-0.05, 0) is 30.5 Å². The Kier molecular flexibility index (Phi) is 5.38. The normalized spacial score (nSPS) is 18.7. The summed E-state index contributed by atoms with van der Waals surface area (Å²) in [6.45, 7) is 6.70. The first kappa shape index (κ1) is 18.0. The summed E-state index contributed by atoms with van der Waals surface area (Å²) in [4.78, 5) is 16.9. The second-order valence-corrected chi connectivity index (χ2v) is 7.26. The highest BCUT2D eigenvalue weighted by Crippen LogP contribution is 2.27. The van der Waals surface area contributed by atoms with Crippen molar-refractivity contribution < 1.29 is 13.9 Å². The number of piperidine rings is 1. The van der Waals surface area contributed by atoms with Gasteiger partial charge in [0.1, 0.15) is 0 Å². The van der Waals surface area contributed by atoms with Gasteiger partial charge < -0.3 is 19.0 Å². The van der Waals surface area contributed by atoms with Crippen molar-refractivity contribution in [2.24, 2.45) is 0 Å². The van der Waals surface area contributed by atoms with Crippen LogP contribution in [0, 0.1) is 6.92 Å². The molecule has 144 valence electrons. The van der Waals surface area contributed by atoms with Crippen LogP contribution in [0.4, 0.5) is 5.69 Å². The lowest BCUT2D eigenvalue weighted by molar-refractivity contribution is -0.131. The van der Waals surface area contributed by atoms with Gasteiger partial charge in [0.05, 0.1) is 19.6 Å². The topological polar surface area (TPSA) is 71.7 Å². The van der Waals surface area contributed by atoms with E-state index in [1.165, 1.54) is 5.69 Å². The van der Waals surface area contributed by atoms with Crippen molar-refractivity contribution >= 4 is 11.6 Å². The van der Waals surface area contributed by atoms with Gasteiger partial charge in [0.15, 0.2) is 0 Å². The number of morpholine rings is 1. The number of hydrogen-bond donors (Lipinski definition) is 0. The van der Waals surface area contributed by atoms with E-state index in [4.69, 9.17) is 9.15 Å². The molecule has 0 bridgehead atoms. The lowest BCUT2D eigenvalue weighted by Gasteiger charge is -2.31. The molecule has 0 unspecified atom stereocenters. The fourth-order valence-corrected chi connectivity index (χ4v) is 3.79. The maximum Gasteiger partial charge on any atom is 0.226 e. The van der Waals surface area contributed by atoms with Gasteiger partial charge >= 0.3 is 0 Å². The number of carbonyl (C=O) groups is 1. The molecule has 1 aromatic heterocycles. The molecule has 0 N–H and O–H groups in total. The Hall–Kier alpha value is -2.41. The summed E-state index contributed by atoms with van der Waals surface area (Å²) in [6.07, 6.45) is 2.21.